The molecule has 0 unspecified atom stereocenters. The van der Waals surface area contributed by atoms with Gasteiger partial charge in [0.15, 0.2) is 0 Å². The lowest BCUT2D eigenvalue weighted by Crippen LogP contribution is -2.17. The fourth-order valence-electron chi connectivity index (χ4n) is 3.31. The van der Waals surface area contributed by atoms with Crippen molar-refractivity contribution in [2.75, 3.05) is 22.4 Å². The average Bonchev–Trinajstić information content (AvgIpc) is 3.40. The summed E-state index contributed by atoms with van der Waals surface area (Å²) in [5.74, 6) is -2.33. The Morgan fingerprint density at radius 2 is 1.03 bits per heavy atom. The van der Waals surface area contributed by atoms with Crippen LogP contribution in [0.5, 0.6) is 0 Å². The van der Waals surface area contributed by atoms with Crippen LogP contribution >= 0.6 is 45.9 Å². The van der Waals surface area contributed by atoms with Crippen LogP contribution in [-0.4, -0.2) is 35.1 Å². The van der Waals surface area contributed by atoms with Gasteiger partial charge in [0.1, 0.15) is 21.5 Å². The molecule has 0 aliphatic heterocycles. The van der Waals surface area contributed by atoms with Gasteiger partial charge in [0, 0.05) is 11.1 Å². The number of carbonyl (C=O) groups is 4. The highest BCUT2D eigenvalue weighted by Gasteiger charge is 2.29. The maximum Gasteiger partial charge on any atom is 0.239 e. The zero-order valence-corrected chi connectivity index (χ0v) is 20.5. The van der Waals surface area contributed by atoms with E-state index in [-0.39, 0.29) is 44.5 Å². The van der Waals surface area contributed by atoms with E-state index in [0.717, 1.165) is 22.7 Å². The minimum atomic E-state index is -0.528. The molecule has 0 spiro atoms. The number of amides is 2. The van der Waals surface area contributed by atoms with E-state index in [4.69, 9.17) is 23.2 Å². The molecule has 2 N–H and O–H groups in total. The number of thiophene rings is 2. The summed E-state index contributed by atoms with van der Waals surface area (Å²) in [5, 5.41) is 5.77. The molecule has 0 saturated heterocycles. The molecule has 2 aromatic heterocycles. The van der Waals surface area contributed by atoms with Crippen molar-refractivity contribution in [2.24, 2.45) is 0 Å². The van der Waals surface area contributed by atoms with Crippen LogP contribution in [0.2, 0.25) is 0 Å². The van der Waals surface area contributed by atoms with Crippen LogP contribution < -0.4 is 10.6 Å². The van der Waals surface area contributed by atoms with E-state index in [1.165, 1.54) is 0 Å². The SMILES string of the molecule is O=C(CCl)Nc1c(C(=O)c2ccccc2)sc2sc(C(=O)c3ccccc3)c(NC(=O)CCl)c12. The van der Waals surface area contributed by atoms with Gasteiger partial charge < -0.3 is 10.6 Å². The van der Waals surface area contributed by atoms with Crippen LogP contribution in [-0.2, 0) is 9.59 Å². The standard InChI is InChI=1S/C24H16Cl2N2O4S2/c25-11-15(29)27-18-17-19(28-16(30)12-26)23(21(32)14-9-5-2-6-10-14)34-24(17)33-22(18)20(31)13-7-3-1-4-8-13/h1-10H,11-12H2,(H,27,29)(H,28,30). The van der Waals surface area contributed by atoms with Crippen LogP contribution in [0, 0.1) is 0 Å². The van der Waals surface area contributed by atoms with E-state index in [9.17, 15) is 19.2 Å². The van der Waals surface area contributed by atoms with Gasteiger partial charge in [0.25, 0.3) is 0 Å². The van der Waals surface area contributed by atoms with Crippen LogP contribution in [0.4, 0.5) is 11.4 Å². The lowest BCUT2D eigenvalue weighted by molar-refractivity contribution is -0.114. The second-order valence-electron chi connectivity index (χ2n) is 7.03. The van der Waals surface area contributed by atoms with Crippen LogP contribution in [0.3, 0.4) is 0 Å². The summed E-state index contributed by atoms with van der Waals surface area (Å²) in [5.41, 5.74) is 1.27. The summed E-state index contributed by atoms with van der Waals surface area (Å²) in [4.78, 5) is 51.6. The maximum absolute atomic E-state index is 13.3. The highest BCUT2D eigenvalue weighted by Crippen LogP contribution is 2.48. The van der Waals surface area contributed by atoms with E-state index in [0.29, 0.717) is 20.5 Å². The lowest BCUT2D eigenvalue weighted by Gasteiger charge is -2.10. The topological polar surface area (TPSA) is 92.3 Å². The summed E-state index contributed by atoms with van der Waals surface area (Å²) in [7, 11) is 0. The molecule has 34 heavy (non-hydrogen) atoms. The Kier molecular flexibility index (Phi) is 7.43. The molecule has 0 radical (unpaired) electrons. The normalized spacial score (nSPS) is 10.8. The second-order valence-corrected chi connectivity index (χ2v) is 9.86. The molecular formula is C24H16Cl2N2O4S2. The van der Waals surface area contributed by atoms with Crippen LogP contribution in [0.1, 0.15) is 30.5 Å². The first-order valence-electron chi connectivity index (χ1n) is 9.95. The van der Waals surface area contributed by atoms with Crippen molar-refractivity contribution in [1.82, 2.24) is 0 Å². The van der Waals surface area contributed by atoms with Gasteiger partial charge in [0.2, 0.25) is 23.4 Å². The average molecular weight is 531 g/mol. The Morgan fingerprint density at radius 1 is 0.647 bits per heavy atom. The monoisotopic (exact) mass is 530 g/mol. The number of hydrogen-bond acceptors (Lipinski definition) is 6. The number of rotatable bonds is 8. The fourth-order valence-corrected chi connectivity index (χ4v) is 6.03. The third-order valence-corrected chi connectivity index (χ3v) is 7.76. The van der Waals surface area contributed by atoms with Crippen molar-refractivity contribution in [3.8, 4) is 0 Å². The summed E-state index contributed by atoms with van der Waals surface area (Å²) >= 11 is 13.7. The lowest BCUT2D eigenvalue weighted by atomic mass is 10.1. The highest BCUT2D eigenvalue weighted by molar-refractivity contribution is 7.40. The van der Waals surface area contributed by atoms with Crippen molar-refractivity contribution in [2.45, 2.75) is 0 Å². The second kappa shape index (κ2) is 10.5. The summed E-state index contributed by atoms with van der Waals surface area (Å²) in [6.45, 7) is 0. The predicted octanol–water partition coefficient (Wildman–Crippen LogP) is 5.78. The molecule has 0 bridgehead atoms. The van der Waals surface area contributed by atoms with Gasteiger partial charge in [-0.25, -0.2) is 0 Å². The zero-order valence-electron chi connectivity index (χ0n) is 17.4. The molecule has 6 nitrogen and oxygen atoms in total. The van der Waals surface area contributed by atoms with Gasteiger partial charge in [-0.15, -0.1) is 45.9 Å². The van der Waals surface area contributed by atoms with Crippen molar-refractivity contribution in [1.29, 1.82) is 0 Å². The van der Waals surface area contributed by atoms with Crippen molar-refractivity contribution in [3.63, 3.8) is 0 Å². The highest BCUT2D eigenvalue weighted by atomic mass is 35.5. The molecular weight excluding hydrogens is 515 g/mol. The molecule has 2 heterocycles. The molecule has 2 aromatic carbocycles. The van der Waals surface area contributed by atoms with Gasteiger partial charge in [0.05, 0.1) is 20.8 Å². The summed E-state index contributed by atoms with van der Waals surface area (Å²) < 4.78 is 0.591. The van der Waals surface area contributed by atoms with E-state index < -0.39 is 11.8 Å². The molecule has 0 saturated carbocycles. The summed E-state index contributed by atoms with van der Waals surface area (Å²) in [6.07, 6.45) is 0. The molecule has 172 valence electrons. The summed E-state index contributed by atoms with van der Waals surface area (Å²) in [6, 6.07) is 17.2. The van der Waals surface area contributed by atoms with Gasteiger partial charge in [-0.3, -0.25) is 19.2 Å². The number of ketones is 2. The number of alkyl halides is 2. The third kappa shape index (κ3) is 4.76. The first kappa shape index (κ1) is 24.1. The number of fused-ring (bicyclic) bond motifs is 1. The largest absolute Gasteiger partial charge is 0.323 e. The minimum Gasteiger partial charge on any atom is -0.323 e. The number of carbonyl (C=O) groups excluding carboxylic acids is 4. The molecule has 0 aliphatic rings. The number of anilines is 2. The van der Waals surface area contributed by atoms with Gasteiger partial charge >= 0.3 is 0 Å². The smallest absolute Gasteiger partial charge is 0.239 e. The number of benzene rings is 2. The van der Waals surface area contributed by atoms with Crippen molar-refractivity contribution in [3.05, 3.63) is 81.5 Å². The predicted molar refractivity (Wildman–Crippen MR) is 138 cm³/mol. The van der Waals surface area contributed by atoms with E-state index in [1.54, 1.807) is 60.7 Å². The molecule has 4 rings (SSSR count). The number of nitrogens with one attached hydrogen (secondary N) is 2. The fraction of sp³-hybridized carbons (Fsp3) is 0.0833. The molecule has 0 atom stereocenters. The third-order valence-electron chi connectivity index (χ3n) is 4.80. The van der Waals surface area contributed by atoms with Crippen molar-refractivity contribution >= 4 is 90.0 Å². The first-order valence-corrected chi connectivity index (χ1v) is 12.6. The van der Waals surface area contributed by atoms with Gasteiger partial charge in [-0.05, 0) is 0 Å². The molecule has 4 aromatic rings. The zero-order chi connectivity index (χ0) is 24.2. The van der Waals surface area contributed by atoms with E-state index in [2.05, 4.69) is 10.6 Å². The molecule has 10 heteroatoms. The Morgan fingerprint density at radius 3 is 1.38 bits per heavy atom. The molecule has 2 amide bonds. The minimum absolute atomic E-state index is 0.202. The maximum atomic E-state index is 13.3. The van der Waals surface area contributed by atoms with Gasteiger partial charge in [-0.2, -0.15) is 0 Å². The molecule has 0 aliphatic carbocycles. The Bertz CT molecular complexity index is 1300. The Balaban J connectivity index is 1.94. The quantitative estimate of drug-likeness (QED) is 0.223. The van der Waals surface area contributed by atoms with Crippen molar-refractivity contribution < 1.29 is 19.2 Å². The molecule has 0 fully saturated rings. The van der Waals surface area contributed by atoms with Crippen LogP contribution in [0.15, 0.2) is 60.7 Å². The van der Waals surface area contributed by atoms with E-state index >= 15 is 0 Å². The Labute approximate surface area is 212 Å². The first-order chi connectivity index (χ1) is 16.4. The van der Waals surface area contributed by atoms with Gasteiger partial charge in [-0.1, -0.05) is 60.7 Å². The number of halogens is 2. The number of hydrogen-bond donors (Lipinski definition) is 2. The van der Waals surface area contributed by atoms with Crippen LogP contribution in [0.25, 0.3) is 9.40 Å². The Hall–Kier alpha value is -3.04. The van der Waals surface area contributed by atoms with E-state index in [1.807, 2.05) is 0 Å².